The lowest BCUT2D eigenvalue weighted by atomic mass is 10.1. The maximum Gasteiger partial charge on any atom is 0.341 e. The Morgan fingerprint density at radius 2 is 1.76 bits per heavy atom. The standard InChI is InChI=1S/C25H26FN3O4/c1-2-27-16-19(25(32)33)24(31)18-14-20(26)22(15-21(18)27)28-10-12-29(13-11-28)23(30)9-8-17-6-4-3-5-7-17/h3-7,14-16H,2,8-13H2,1H3,(H,32,33). The summed E-state index contributed by atoms with van der Waals surface area (Å²) in [5.41, 5.74) is 0.894. The van der Waals surface area contributed by atoms with Crippen LogP contribution in [-0.2, 0) is 17.8 Å². The number of rotatable bonds is 6. The summed E-state index contributed by atoms with van der Waals surface area (Å²) in [6.45, 7) is 4.20. The number of aryl methyl sites for hydroxylation is 2. The summed E-state index contributed by atoms with van der Waals surface area (Å²) >= 11 is 0. The molecule has 1 fully saturated rings. The van der Waals surface area contributed by atoms with Crippen LogP contribution in [-0.4, -0.2) is 52.6 Å². The molecule has 1 amide bonds. The highest BCUT2D eigenvalue weighted by atomic mass is 19.1. The molecule has 0 spiro atoms. The van der Waals surface area contributed by atoms with Crippen LogP contribution in [0, 0.1) is 5.82 Å². The fourth-order valence-electron chi connectivity index (χ4n) is 4.31. The monoisotopic (exact) mass is 451 g/mol. The number of fused-ring (bicyclic) bond motifs is 1. The van der Waals surface area contributed by atoms with E-state index in [1.165, 1.54) is 6.20 Å². The topological polar surface area (TPSA) is 82.8 Å². The molecule has 1 aliphatic heterocycles. The van der Waals surface area contributed by atoms with Crippen LogP contribution >= 0.6 is 0 Å². The van der Waals surface area contributed by atoms with Crippen molar-refractivity contribution in [2.45, 2.75) is 26.3 Å². The van der Waals surface area contributed by atoms with Crippen molar-refractivity contribution in [1.29, 1.82) is 0 Å². The maximum absolute atomic E-state index is 15.0. The summed E-state index contributed by atoms with van der Waals surface area (Å²) in [5, 5.41) is 9.35. The SMILES string of the molecule is CCn1cc(C(=O)O)c(=O)c2cc(F)c(N3CCN(C(=O)CCc4ccccc4)CC3)cc21. The second kappa shape index (κ2) is 9.44. The minimum Gasteiger partial charge on any atom is -0.477 e. The van der Waals surface area contributed by atoms with Crippen molar-refractivity contribution in [1.82, 2.24) is 9.47 Å². The van der Waals surface area contributed by atoms with E-state index >= 15 is 0 Å². The van der Waals surface area contributed by atoms with Gasteiger partial charge in [-0.15, -0.1) is 0 Å². The number of nitrogens with zero attached hydrogens (tertiary/aromatic N) is 3. The summed E-state index contributed by atoms with van der Waals surface area (Å²) in [6.07, 6.45) is 2.42. The number of piperazine rings is 1. The third-order valence-electron chi connectivity index (χ3n) is 6.16. The Balaban J connectivity index is 1.50. The normalized spacial score (nSPS) is 14.0. The van der Waals surface area contributed by atoms with Gasteiger partial charge < -0.3 is 19.5 Å². The highest BCUT2D eigenvalue weighted by Crippen LogP contribution is 2.26. The molecule has 0 saturated carbocycles. The van der Waals surface area contributed by atoms with E-state index in [0.717, 1.165) is 11.6 Å². The van der Waals surface area contributed by atoms with Gasteiger partial charge in [0.1, 0.15) is 11.4 Å². The van der Waals surface area contributed by atoms with Crippen LogP contribution in [0.5, 0.6) is 0 Å². The third kappa shape index (κ3) is 4.60. The Bertz CT molecular complexity index is 1250. The predicted octanol–water partition coefficient (Wildman–Crippen LogP) is 3.14. The molecule has 1 aliphatic rings. The zero-order chi connectivity index (χ0) is 23.5. The smallest absolute Gasteiger partial charge is 0.341 e. The van der Waals surface area contributed by atoms with E-state index in [9.17, 15) is 23.9 Å². The van der Waals surface area contributed by atoms with Gasteiger partial charge in [0.15, 0.2) is 0 Å². The van der Waals surface area contributed by atoms with Gasteiger partial charge in [0.2, 0.25) is 11.3 Å². The average Bonchev–Trinajstić information content (AvgIpc) is 2.83. The van der Waals surface area contributed by atoms with Crippen LogP contribution < -0.4 is 10.3 Å². The fourth-order valence-corrected chi connectivity index (χ4v) is 4.31. The van der Waals surface area contributed by atoms with Gasteiger partial charge >= 0.3 is 5.97 Å². The maximum atomic E-state index is 15.0. The number of pyridine rings is 1. The van der Waals surface area contributed by atoms with Crippen molar-refractivity contribution in [3.05, 3.63) is 75.8 Å². The van der Waals surface area contributed by atoms with Crippen LogP contribution in [0.3, 0.4) is 0 Å². The first kappa shape index (κ1) is 22.5. The van der Waals surface area contributed by atoms with Crippen molar-refractivity contribution in [3.8, 4) is 0 Å². The Morgan fingerprint density at radius 1 is 1.06 bits per heavy atom. The van der Waals surface area contributed by atoms with E-state index in [4.69, 9.17) is 0 Å². The minimum absolute atomic E-state index is 0.0488. The second-order valence-corrected chi connectivity index (χ2v) is 8.14. The van der Waals surface area contributed by atoms with Crippen molar-refractivity contribution in [3.63, 3.8) is 0 Å². The molecule has 0 radical (unpaired) electrons. The number of benzene rings is 2. The van der Waals surface area contributed by atoms with Crippen LogP contribution in [0.15, 0.2) is 53.5 Å². The molecule has 33 heavy (non-hydrogen) atoms. The number of aromatic carboxylic acids is 1. The second-order valence-electron chi connectivity index (χ2n) is 8.14. The van der Waals surface area contributed by atoms with Crippen molar-refractivity contribution in [2.75, 3.05) is 31.1 Å². The summed E-state index contributed by atoms with van der Waals surface area (Å²) in [7, 11) is 0. The largest absolute Gasteiger partial charge is 0.477 e. The summed E-state index contributed by atoms with van der Waals surface area (Å²) < 4.78 is 16.6. The summed E-state index contributed by atoms with van der Waals surface area (Å²) in [6, 6.07) is 12.6. The number of aromatic nitrogens is 1. The number of carbonyl (C=O) groups excluding carboxylic acids is 1. The highest BCUT2D eigenvalue weighted by Gasteiger charge is 2.24. The lowest BCUT2D eigenvalue weighted by Crippen LogP contribution is -2.49. The molecular formula is C25H26FN3O4. The van der Waals surface area contributed by atoms with Gasteiger partial charge in [0.25, 0.3) is 0 Å². The molecule has 1 aromatic heterocycles. The number of amides is 1. The molecule has 172 valence electrons. The Kier molecular flexibility index (Phi) is 6.44. The number of hydrogen-bond acceptors (Lipinski definition) is 4. The molecule has 0 atom stereocenters. The van der Waals surface area contributed by atoms with E-state index in [0.29, 0.717) is 56.8 Å². The van der Waals surface area contributed by atoms with Gasteiger partial charge in [0, 0.05) is 50.7 Å². The van der Waals surface area contributed by atoms with E-state index in [2.05, 4.69) is 0 Å². The first-order valence-electron chi connectivity index (χ1n) is 11.1. The van der Waals surface area contributed by atoms with Gasteiger partial charge in [0.05, 0.1) is 11.2 Å². The minimum atomic E-state index is -1.33. The molecule has 1 saturated heterocycles. The summed E-state index contributed by atoms with van der Waals surface area (Å²) in [4.78, 5) is 40.2. The van der Waals surface area contributed by atoms with Gasteiger partial charge in [-0.2, -0.15) is 0 Å². The fraction of sp³-hybridized carbons (Fsp3) is 0.320. The third-order valence-corrected chi connectivity index (χ3v) is 6.16. The lowest BCUT2D eigenvalue weighted by molar-refractivity contribution is -0.131. The van der Waals surface area contributed by atoms with E-state index in [1.807, 2.05) is 42.2 Å². The first-order valence-corrected chi connectivity index (χ1v) is 11.1. The van der Waals surface area contributed by atoms with Crippen LogP contribution in [0.1, 0.15) is 29.3 Å². The van der Waals surface area contributed by atoms with Crippen molar-refractivity contribution in [2.24, 2.45) is 0 Å². The zero-order valence-electron chi connectivity index (χ0n) is 18.5. The number of hydrogen-bond donors (Lipinski definition) is 1. The van der Waals surface area contributed by atoms with Gasteiger partial charge in [-0.25, -0.2) is 9.18 Å². The zero-order valence-corrected chi connectivity index (χ0v) is 18.5. The number of halogens is 1. The van der Waals surface area contributed by atoms with Crippen molar-refractivity contribution < 1.29 is 19.1 Å². The van der Waals surface area contributed by atoms with Gasteiger partial charge in [-0.3, -0.25) is 9.59 Å². The first-order chi connectivity index (χ1) is 15.9. The van der Waals surface area contributed by atoms with Crippen molar-refractivity contribution >= 4 is 28.5 Å². The van der Waals surface area contributed by atoms with E-state index in [1.54, 1.807) is 15.5 Å². The van der Waals surface area contributed by atoms with Gasteiger partial charge in [-0.05, 0) is 31.0 Å². The molecule has 1 N–H and O–H groups in total. The van der Waals surface area contributed by atoms with E-state index in [-0.39, 0.29) is 16.9 Å². The van der Waals surface area contributed by atoms with Crippen LogP contribution in [0.4, 0.5) is 10.1 Å². The number of anilines is 1. The molecule has 7 nitrogen and oxygen atoms in total. The predicted molar refractivity (Wildman–Crippen MR) is 124 cm³/mol. The van der Waals surface area contributed by atoms with Gasteiger partial charge in [-0.1, -0.05) is 30.3 Å². The van der Waals surface area contributed by atoms with E-state index < -0.39 is 17.2 Å². The average molecular weight is 451 g/mol. The summed E-state index contributed by atoms with van der Waals surface area (Å²) in [5.74, 6) is -1.83. The quantitative estimate of drug-likeness (QED) is 0.623. The molecule has 2 aromatic carbocycles. The Hall–Kier alpha value is -3.68. The molecule has 8 heteroatoms. The molecule has 2 heterocycles. The number of carboxylic acid groups (broad SMARTS) is 1. The molecule has 3 aromatic rings. The Labute approximate surface area is 190 Å². The Morgan fingerprint density at radius 3 is 2.39 bits per heavy atom. The molecular weight excluding hydrogens is 425 g/mol. The molecule has 0 aliphatic carbocycles. The number of carbonyl (C=O) groups is 2. The number of carboxylic acids is 1. The highest BCUT2D eigenvalue weighted by molar-refractivity contribution is 5.93. The molecule has 0 unspecified atom stereocenters. The van der Waals surface area contributed by atoms with Crippen LogP contribution in [0.2, 0.25) is 0 Å². The lowest BCUT2D eigenvalue weighted by Gasteiger charge is -2.36. The molecule has 4 rings (SSSR count). The molecule has 0 bridgehead atoms. The van der Waals surface area contributed by atoms with Crippen LogP contribution in [0.25, 0.3) is 10.9 Å².